The number of urea groups is 2. The Kier molecular flexibility index (Phi) is 2.65. The molecule has 7 heteroatoms. The van der Waals surface area contributed by atoms with Gasteiger partial charge in [-0.05, 0) is 19.1 Å². The van der Waals surface area contributed by atoms with Gasteiger partial charge in [-0.2, -0.15) is 0 Å². The molecule has 0 fully saturated rings. The van der Waals surface area contributed by atoms with E-state index in [1.165, 1.54) is 0 Å². The van der Waals surface area contributed by atoms with Gasteiger partial charge in [0.1, 0.15) is 0 Å². The van der Waals surface area contributed by atoms with E-state index in [2.05, 4.69) is 15.4 Å². The highest BCUT2D eigenvalue weighted by Gasteiger charge is 2.29. The summed E-state index contributed by atoms with van der Waals surface area (Å²) in [5, 5.41) is 18.0. The maximum absolute atomic E-state index is 11.3. The van der Waals surface area contributed by atoms with Gasteiger partial charge in [-0.25, -0.2) is 14.5 Å². The summed E-state index contributed by atoms with van der Waals surface area (Å²) in [6.07, 6.45) is 0. The zero-order valence-electron chi connectivity index (χ0n) is 8.86. The lowest BCUT2D eigenvalue weighted by molar-refractivity contribution is 0.249. The number of benzene rings is 1. The molecule has 0 saturated heterocycles. The Bertz CT molecular complexity index is 532. The van der Waals surface area contributed by atoms with Gasteiger partial charge in [0.2, 0.25) is 0 Å². The van der Waals surface area contributed by atoms with Crippen LogP contribution >= 0.6 is 0 Å². The molecule has 1 aliphatic rings. The van der Waals surface area contributed by atoms with E-state index >= 15 is 0 Å². The van der Waals surface area contributed by atoms with Crippen molar-refractivity contribution >= 4 is 23.5 Å². The van der Waals surface area contributed by atoms with Crippen molar-refractivity contribution in [3.05, 3.63) is 29.8 Å². The van der Waals surface area contributed by atoms with Gasteiger partial charge >= 0.3 is 12.1 Å². The van der Waals surface area contributed by atoms with E-state index in [0.29, 0.717) is 17.0 Å². The minimum absolute atomic E-state index is 0.338. The maximum atomic E-state index is 11.3. The van der Waals surface area contributed by atoms with Crippen LogP contribution in [0.5, 0.6) is 0 Å². The van der Waals surface area contributed by atoms with Crippen molar-refractivity contribution in [2.45, 2.75) is 6.92 Å². The van der Waals surface area contributed by atoms with Gasteiger partial charge in [-0.15, -0.1) is 0 Å². The smallest absolute Gasteiger partial charge is 0.375 e. The first kappa shape index (κ1) is 10.9. The Morgan fingerprint density at radius 1 is 1.29 bits per heavy atom. The minimum atomic E-state index is -0.731. The molecule has 17 heavy (non-hydrogen) atoms. The first-order chi connectivity index (χ1) is 8.13. The molecule has 2 rings (SSSR count). The van der Waals surface area contributed by atoms with Crippen LogP contribution in [0.2, 0.25) is 0 Å². The molecule has 0 aromatic heterocycles. The third-order valence-electron chi connectivity index (χ3n) is 2.28. The Hall–Kier alpha value is -2.57. The highest BCUT2D eigenvalue weighted by Crippen LogP contribution is 2.21. The van der Waals surface area contributed by atoms with Crippen molar-refractivity contribution < 1.29 is 14.8 Å². The number of amides is 4. The van der Waals surface area contributed by atoms with Gasteiger partial charge < -0.3 is 5.21 Å². The van der Waals surface area contributed by atoms with Crippen LogP contribution in [0.4, 0.5) is 15.3 Å². The van der Waals surface area contributed by atoms with Crippen LogP contribution in [0.3, 0.4) is 0 Å². The van der Waals surface area contributed by atoms with E-state index in [1.807, 2.05) is 0 Å². The summed E-state index contributed by atoms with van der Waals surface area (Å²) in [4.78, 5) is 23.4. The number of nitrogens with zero attached hydrogens (tertiary/aromatic N) is 4. The Labute approximate surface area is 96.1 Å². The molecule has 4 amide bonds. The molecular weight excluding hydrogens is 224 g/mol. The molecule has 0 bridgehead atoms. The average Bonchev–Trinajstić information content (AvgIpc) is 2.68. The molecular formula is C10H8N4O3. The van der Waals surface area contributed by atoms with Gasteiger partial charge in [-0.1, -0.05) is 27.5 Å². The van der Waals surface area contributed by atoms with Crippen LogP contribution in [-0.4, -0.2) is 23.0 Å². The van der Waals surface area contributed by atoms with Crippen LogP contribution in [0.1, 0.15) is 12.5 Å². The molecule has 1 aromatic carbocycles. The number of hydrogen-bond acceptors (Lipinski definition) is 4. The number of azo groups is 1. The molecule has 0 saturated carbocycles. The monoisotopic (exact) mass is 232 g/mol. The predicted octanol–water partition coefficient (Wildman–Crippen LogP) is 2.40. The van der Waals surface area contributed by atoms with Crippen LogP contribution < -0.4 is 4.90 Å². The zero-order chi connectivity index (χ0) is 12.4. The molecule has 1 aromatic rings. The van der Waals surface area contributed by atoms with Crippen molar-refractivity contribution in [3.63, 3.8) is 0 Å². The fourth-order valence-electron chi connectivity index (χ4n) is 1.41. The van der Waals surface area contributed by atoms with Crippen molar-refractivity contribution in [3.8, 4) is 0 Å². The van der Waals surface area contributed by atoms with E-state index in [-0.39, 0.29) is 0 Å². The molecule has 0 atom stereocenters. The van der Waals surface area contributed by atoms with E-state index in [1.54, 1.807) is 31.2 Å². The summed E-state index contributed by atoms with van der Waals surface area (Å²) >= 11 is 0. The topological polar surface area (TPSA) is 94.7 Å². The molecule has 1 heterocycles. The summed E-state index contributed by atoms with van der Waals surface area (Å²) in [5.74, 6) is 0. The molecule has 1 aliphatic heterocycles. The minimum Gasteiger partial charge on any atom is -0.411 e. The van der Waals surface area contributed by atoms with E-state index in [9.17, 15) is 9.59 Å². The lowest BCUT2D eigenvalue weighted by atomic mass is 10.1. The van der Waals surface area contributed by atoms with Crippen molar-refractivity contribution in [2.75, 3.05) is 4.90 Å². The second-order valence-corrected chi connectivity index (χ2v) is 3.34. The summed E-state index contributed by atoms with van der Waals surface area (Å²) in [6.45, 7) is 1.60. The maximum Gasteiger partial charge on any atom is 0.375 e. The quantitative estimate of drug-likeness (QED) is 0.481. The lowest BCUT2D eigenvalue weighted by Crippen LogP contribution is -2.27. The SMILES string of the molecule is C/C(=N\O)c1cccc(N2C(=O)N=NC2=O)c1. The standard InChI is InChI=1S/C10H8N4O3/c1-6(13-17)7-3-2-4-8(5-7)14-9(15)11-12-10(14)16/h2-5,17H,1H3/b13-6+. The van der Waals surface area contributed by atoms with Gasteiger partial charge in [-0.3, -0.25) is 0 Å². The van der Waals surface area contributed by atoms with Crippen molar-refractivity contribution in [1.82, 2.24) is 0 Å². The average molecular weight is 232 g/mol. The first-order valence-corrected chi connectivity index (χ1v) is 4.72. The van der Waals surface area contributed by atoms with E-state index in [0.717, 1.165) is 4.90 Å². The molecule has 0 unspecified atom stereocenters. The molecule has 0 aliphatic carbocycles. The summed E-state index contributed by atoms with van der Waals surface area (Å²) in [7, 11) is 0. The highest BCUT2D eigenvalue weighted by atomic mass is 16.4. The number of hydrogen-bond donors (Lipinski definition) is 1. The second kappa shape index (κ2) is 4.12. The van der Waals surface area contributed by atoms with Crippen LogP contribution in [0.25, 0.3) is 0 Å². The lowest BCUT2D eigenvalue weighted by Gasteiger charge is -2.11. The van der Waals surface area contributed by atoms with Crippen LogP contribution in [0.15, 0.2) is 39.6 Å². The fraction of sp³-hybridized carbons (Fsp3) is 0.100. The number of anilines is 1. The Morgan fingerprint density at radius 3 is 2.53 bits per heavy atom. The predicted molar refractivity (Wildman–Crippen MR) is 58.6 cm³/mol. The van der Waals surface area contributed by atoms with Crippen LogP contribution in [0, 0.1) is 0 Å². The number of rotatable bonds is 2. The van der Waals surface area contributed by atoms with E-state index < -0.39 is 12.1 Å². The number of imide groups is 1. The molecule has 1 N–H and O–H groups in total. The van der Waals surface area contributed by atoms with Gasteiger partial charge in [0, 0.05) is 5.56 Å². The normalized spacial score (nSPS) is 15.8. The highest BCUT2D eigenvalue weighted by molar-refractivity contribution is 6.17. The summed E-state index contributed by atoms with van der Waals surface area (Å²) in [5.41, 5.74) is 1.31. The Balaban J connectivity index is 2.41. The molecule has 86 valence electrons. The summed E-state index contributed by atoms with van der Waals surface area (Å²) in [6, 6.07) is 4.98. The molecule has 0 radical (unpaired) electrons. The molecule has 0 spiro atoms. The second-order valence-electron chi connectivity index (χ2n) is 3.34. The first-order valence-electron chi connectivity index (χ1n) is 4.72. The van der Waals surface area contributed by atoms with Crippen LogP contribution in [-0.2, 0) is 0 Å². The third-order valence-corrected chi connectivity index (χ3v) is 2.28. The van der Waals surface area contributed by atoms with Gasteiger partial charge in [0.25, 0.3) is 0 Å². The zero-order valence-corrected chi connectivity index (χ0v) is 8.86. The van der Waals surface area contributed by atoms with E-state index in [4.69, 9.17) is 5.21 Å². The number of carbonyl (C=O) groups excluding carboxylic acids is 2. The Morgan fingerprint density at radius 2 is 1.94 bits per heavy atom. The van der Waals surface area contributed by atoms with Crippen molar-refractivity contribution in [2.24, 2.45) is 15.4 Å². The third kappa shape index (κ3) is 1.89. The summed E-state index contributed by atoms with van der Waals surface area (Å²) < 4.78 is 0. The fourth-order valence-corrected chi connectivity index (χ4v) is 1.41. The number of oxime groups is 1. The van der Waals surface area contributed by atoms with Gasteiger partial charge in [0.15, 0.2) is 0 Å². The van der Waals surface area contributed by atoms with Crippen molar-refractivity contribution in [1.29, 1.82) is 0 Å². The number of carbonyl (C=O) groups is 2. The largest absolute Gasteiger partial charge is 0.411 e. The molecule has 7 nitrogen and oxygen atoms in total. The van der Waals surface area contributed by atoms with Gasteiger partial charge in [0.05, 0.1) is 11.4 Å².